The summed E-state index contributed by atoms with van der Waals surface area (Å²) >= 11 is 3.37. The van der Waals surface area contributed by atoms with Crippen LogP contribution in [0.3, 0.4) is 0 Å². The standard InChI is InChI=1S/C11H15BrN2O/c12-8-1-2-10(9(13)5-8)14-6-11(7-15)3-4-11/h1-2,5,14-15H,3-4,6-7,13H2. The van der Waals surface area contributed by atoms with E-state index in [-0.39, 0.29) is 12.0 Å². The van der Waals surface area contributed by atoms with Crippen LogP contribution in [0.4, 0.5) is 11.4 Å². The van der Waals surface area contributed by atoms with Crippen LogP contribution in [0.1, 0.15) is 12.8 Å². The van der Waals surface area contributed by atoms with Gasteiger partial charge in [-0.05, 0) is 31.0 Å². The van der Waals surface area contributed by atoms with Crippen molar-refractivity contribution in [1.82, 2.24) is 0 Å². The lowest BCUT2D eigenvalue weighted by molar-refractivity contribution is 0.220. The summed E-state index contributed by atoms with van der Waals surface area (Å²) in [5, 5.41) is 12.5. The summed E-state index contributed by atoms with van der Waals surface area (Å²) in [6, 6.07) is 5.78. The summed E-state index contributed by atoms with van der Waals surface area (Å²) < 4.78 is 0.980. The van der Waals surface area contributed by atoms with Gasteiger partial charge in [0.15, 0.2) is 0 Å². The van der Waals surface area contributed by atoms with Crippen LogP contribution in [0, 0.1) is 5.41 Å². The third-order valence-corrected chi connectivity index (χ3v) is 3.45. The summed E-state index contributed by atoms with van der Waals surface area (Å²) in [4.78, 5) is 0. The van der Waals surface area contributed by atoms with E-state index in [9.17, 15) is 0 Å². The molecule has 1 aromatic carbocycles. The van der Waals surface area contributed by atoms with Gasteiger partial charge in [-0.3, -0.25) is 0 Å². The fraction of sp³-hybridized carbons (Fsp3) is 0.455. The number of hydrogen-bond acceptors (Lipinski definition) is 3. The highest BCUT2D eigenvalue weighted by Gasteiger charge is 2.41. The van der Waals surface area contributed by atoms with E-state index in [0.29, 0.717) is 0 Å². The molecular formula is C11H15BrN2O. The van der Waals surface area contributed by atoms with Gasteiger partial charge in [0.2, 0.25) is 0 Å². The van der Waals surface area contributed by atoms with Crippen molar-refractivity contribution in [3.05, 3.63) is 22.7 Å². The maximum Gasteiger partial charge on any atom is 0.0574 e. The minimum Gasteiger partial charge on any atom is -0.397 e. The molecule has 0 bridgehead atoms. The van der Waals surface area contributed by atoms with Crippen molar-refractivity contribution in [2.24, 2.45) is 5.41 Å². The number of benzene rings is 1. The first-order valence-corrected chi connectivity index (χ1v) is 5.84. The van der Waals surface area contributed by atoms with Crippen molar-refractivity contribution < 1.29 is 5.11 Å². The Morgan fingerprint density at radius 1 is 1.47 bits per heavy atom. The average Bonchev–Trinajstić information content (AvgIpc) is 2.97. The molecule has 1 aliphatic carbocycles. The number of nitrogens with two attached hydrogens (primary N) is 1. The van der Waals surface area contributed by atoms with Crippen LogP contribution in [0.2, 0.25) is 0 Å². The van der Waals surface area contributed by atoms with Crippen LogP contribution in [0.15, 0.2) is 22.7 Å². The lowest BCUT2D eigenvalue weighted by Gasteiger charge is -2.15. The summed E-state index contributed by atoms with van der Waals surface area (Å²) in [6.07, 6.45) is 2.21. The number of nitrogens with one attached hydrogen (secondary N) is 1. The van der Waals surface area contributed by atoms with Crippen LogP contribution < -0.4 is 11.1 Å². The fourth-order valence-corrected chi connectivity index (χ4v) is 1.92. The Morgan fingerprint density at radius 2 is 2.20 bits per heavy atom. The van der Waals surface area contributed by atoms with Crippen molar-refractivity contribution >= 4 is 27.3 Å². The number of aliphatic hydroxyl groups is 1. The number of rotatable bonds is 4. The Morgan fingerprint density at radius 3 is 2.73 bits per heavy atom. The molecule has 3 nitrogen and oxygen atoms in total. The molecule has 0 amide bonds. The zero-order valence-electron chi connectivity index (χ0n) is 8.46. The molecule has 0 atom stereocenters. The Labute approximate surface area is 97.8 Å². The largest absolute Gasteiger partial charge is 0.397 e. The molecule has 0 heterocycles. The molecule has 2 rings (SSSR count). The molecule has 4 N–H and O–H groups in total. The number of halogens is 1. The molecule has 0 aromatic heterocycles. The fourth-order valence-electron chi connectivity index (χ4n) is 1.54. The second-order valence-electron chi connectivity index (χ2n) is 4.24. The molecule has 0 radical (unpaired) electrons. The van der Waals surface area contributed by atoms with Gasteiger partial charge < -0.3 is 16.2 Å². The first-order valence-electron chi connectivity index (χ1n) is 5.05. The Balaban J connectivity index is 1.99. The van der Waals surface area contributed by atoms with Crippen LogP contribution in [-0.2, 0) is 0 Å². The number of anilines is 2. The highest BCUT2D eigenvalue weighted by molar-refractivity contribution is 9.10. The summed E-state index contributed by atoms with van der Waals surface area (Å²) in [7, 11) is 0. The molecule has 1 saturated carbocycles. The summed E-state index contributed by atoms with van der Waals surface area (Å²) in [6.45, 7) is 1.06. The van der Waals surface area contributed by atoms with E-state index < -0.39 is 0 Å². The van der Waals surface area contributed by atoms with E-state index in [4.69, 9.17) is 10.8 Å². The number of aliphatic hydroxyl groups excluding tert-OH is 1. The first kappa shape index (κ1) is 10.8. The average molecular weight is 271 g/mol. The second-order valence-corrected chi connectivity index (χ2v) is 5.16. The highest BCUT2D eigenvalue weighted by Crippen LogP contribution is 2.45. The molecule has 0 unspecified atom stereocenters. The van der Waals surface area contributed by atoms with E-state index in [1.54, 1.807) is 0 Å². The summed E-state index contributed by atoms with van der Waals surface area (Å²) in [5.74, 6) is 0. The van der Waals surface area contributed by atoms with Crippen molar-refractivity contribution in [2.45, 2.75) is 12.8 Å². The zero-order valence-corrected chi connectivity index (χ0v) is 10.0. The smallest absolute Gasteiger partial charge is 0.0574 e. The summed E-state index contributed by atoms with van der Waals surface area (Å²) in [5.41, 5.74) is 7.65. The Bertz CT molecular complexity index is 364. The van der Waals surface area contributed by atoms with Crippen molar-refractivity contribution in [1.29, 1.82) is 0 Å². The minimum absolute atomic E-state index is 0.111. The van der Waals surface area contributed by atoms with Gasteiger partial charge >= 0.3 is 0 Å². The van der Waals surface area contributed by atoms with Crippen LogP contribution >= 0.6 is 15.9 Å². The molecule has 1 fully saturated rings. The van der Waals surface area contributed by atoms with E-state index >= 15 is 0 Å². The van der Waals surface area contributed by atoms with Gasteiger partial charge in [-0.15, -0.1) is 0 Å². The third-order valence-electron chi connectivity index (χ3n) is 2.96. The van der Waals surface area contributed by atoms with Crippen molar-refractivity contribution in [3.63, 3.8) is 0 Å². The highest BCUT2D eigenvalue weighted by atomic mass is 79.9. The van der Waals surface area contributed by atoms with E-state index in [2.05, 4.69) is 21.2 Å². The van der Waals surface area contributed by atoms with E-state index in [1.165, 1.54) is 0 Å². The molecule has 0 aliphatic heterocycles. The third kappa shape index (κ3) is 2.44. The molecule has 1 aliphatic rings. The van der Waals surface area contributed by atoms with Gasteiger partial charge in [0.1, 0.15) is 0 Å². The van der Waals surface area contributed by atoms with Gasteiger partial charge in [0, 0.05) is 16.4 Å². The van der Waals surface area contributed by atoms with Crippen LogP contribution in [0.25, 0.3) is 0 Å². The molecule has 1 aromatic rings. The first-order chi connectivity index (χ1) is 7.15. The van der Waals surface area contributed by atoms with Crippen LogP contribution in [-0.4, -0.2) is 18.3 Å². The van der Waals surface area contributed by atoms with Gasteiger partial charge in [0.05, 0.1) is 18.0 Å². The topological polar surface area (TPSA) is 58.3 Å². The van der Waals surface area contributed by atoms with E-state index in [0.717, 1.165) is 35.2 Å². The molecule has 82 valence electrons. The van der Waals surface area contributed by atoms with Gasteiger partial charge in [-0.2, -0.15) is 0 Å². The van der Waals surface area contributed by atoms with Gasteiger partial charge in [-0.1, -0.05) is 15.9 Å². The van der Waals surface area contributed by atoms with Crippen molar-refractivity contribution in [3.8, 4) is 0 Å². The molecular weight excluding hydrogens is 256 g/mol. The monoisotopic (exact) mass is 270 g/mol. The molecule has 4 heteroatoms. The Hall–Kier alpha value is -0.740. The number of nitrogen functional groups attached to an aromatic ring is 1. The minimum atomic E-state index is 0.111. The Kier molecular flexibility index (Phi) is 2.89. The van der Waals surface area contributed by atoms with Gasteiger partial charge in [-0.25, -0.2) is 0 Å². The maximum absolute atomic E-state index is 9.17. The molecule has 0 saturated heterocycles. The second kappa shape index (κ2) is 4.02. The number of hydrogen-bond donors (Lipinski definition) is 3. The normalized spacial score (nSPS) is 17.5. The van der Waals surface area contributed by atoms with Crippen LogP contribution in [0.5, 0.6) is 0 Å². The lowest BCUT2D eigenvalue weighted by Crippen LogP contribution is -2.19. The predicted octanol–water partition coefficient (Wildman–Crippen LogP) is 2.22. The lowest BCUT2D eigenvalue weighted by atomic mass is 10.1. The maximum atomic E-state index is 9.17. The van der Waals surface area contributed by atoms with Gasteiger partial charge in [0.25, 0.3) is 0 Å². The van der Waals surface area contributed by atoms with Crippen molar-refractivity contribution in [2.75, 3.05) is 24.2 Å². The quantitative estimate of drug-likeness (QED) is 0.736. The zero-order chi connectivity index (χ0) is 10.9. The van der Waals surface area contributed by atoms with E-state index in [1.807, 2.05) is 18.2 Å². The molecule has 0 spiro atoms. The molecule has 15 heavy (non-hydrogen) atoms. The SMILES string of the molecule is Nc1cc(Br)ccc1NCC1(CO)CC1. The predicted molar refractivity (Wildman–Crippen MR) is 65.8 cm³/mol.